The Labute approximate surface area is 429 Å². The number of likely N-dealkylation sites (tertiary alicyclic amines) is 3. The molecule has 0 saturated carbocycles. The summed E-state index contributed by atoms with van der Waals surface area (Å²) in [6.45, 7) is -9.86. The summed E-state index contributed by atoms with van der Waals surface area (Å²) >= 11 is 0. The molecule has 0 aromatic heterocycles. The molecule has 3 amide bonds. The fraction of sp³-hybridized carbons (Fsp3) is 0.769. The van der Waals surface area contributed by atoms with Crippen LogP contribution in [0.25, 0.3) is 0 Å². The first-order chi connectivity index (χ1) is 35.7. The van der Waals surface area contributed by atoms with E-state index in [1.165, 1.54) is 0 Å². The highest BCUT2D eigenvalue weighted by molar-refractivity contribution is 6.04. The van der Waals surface area contributed by atoms with E-state index in [2.05, 4.69) is 30.9 Å². The molecular weight excluding hydrogens is 1040 g/mol. The molecule has 3 aliphatic rings. The molecule has 0 spiro atoms. The number of carboxylic acid groups (broad SMARTS) is 3. The van der Waals surface area contributed by atoms with Gasteiger partial charge < -0.3 is 144 Å². The number of aliphatic imine (C=N–C) groups is 3. The number of piperidine rings is 3. The van der Waals surface area contributed by atoms with Crippen LogP contribution in [-0.4, -0.2) is 354 Å². The summed E-state index contributed by atoms with van der Waals surface area (Å²) in [4.78, 5) is 94.6. The van der Waals surface area contributed by atoms with Crippen LogP contribution in [-0.2, 0) is 28.8 Å². The van der Waals surface area contributed by atoms with E-state index in [0.29, 0.717) is 14.7 Å². The van der Waals surface area contributed by atoms with Crippen LogP contribution in [0.3, 0.4) is 0 Å². The molecule has 0 aromatic rings. The summed E-state index contributed by atoms with van der Waals surface area (Å²) in [5.74, 6) is -14.6. The summed E-state index contributed by atoms with van der Waals surface area (Å²) in [5.41, 5.74) is -8.60. The van der Waals surface area contributed by atoms with Crippen molar-refractivity contribution in [2.75, 3.05) is 80.4 Å². The summed E-state index contributed by atoms with van der Waals surface area (Å²) in [5, 5.41) is 212. The Kier molecular flexibility index (Phi) is 23.1. The Morgan fingerprint density at radius 1 is 0.434 bits per heavy atom. The van der Waals surface area contributed by atoms with Gasteiger partial charge >= 0.3 is 17.9 Å². The molecule has 37 nitrogen and oxygen atoms in total. The van der Waals surface area contributed by atoms with Gasteiger partial charge in [0, 0.05) is 21.1 Å². The predicted molar refractivity (Wildman–Crippen MR) is 248 cm³/mol. The molecule has 3 saturated heterocycles. The van der Waals surface area contributed by atoms with Crippen molar-refractivity contribution in [2.24, 2.45) is 15.0 Å². The van der Waals surface area contributed by atoms with Gasteiger partial charge in [-0.1, -0.05) is 0 Å². The zero-order chi connectivity index (χ0) is 57.9. The number of carbonyl (C=O) groups is 6. The minimum absolute atomic E-state index is 0.547. The van der Waals surface area contributed by atoms with E-state index in [0.717, 1.165) is 21.1 Å². The summed E-state index contributed by atoms with van der Waals surface area (Å²) in [6, 6.07) is -13.5. The molecule has 3 heterocycles. The van der Waals surface area contributed by atoms with E-state index in [4.69, 9.17) is 0 Å². The Morgan fingerprint density at radius 3 is 0.882 bits per heavy atom. The first-order valence-electron chi connectivity index (χ1n) is 22.8. The van der Waals surface area contributed by atoms with Crippen LogP contribution >= 0.6 is 0 Å². The van der Waals surface area contributed by atoms with Crippen LogP contribution in [0.5, 0.6) is 0 Å². The smallest absolute Gasteiger partial charge is 0.354 e. The van der Waals surface area contributed by atoms with Crippen molar-refractivity contribution in [1.29, 1.82) is 0 Å². The van der Waals surface area contributed by atoms with Crippen LogP contribution in [0.1, 0.15) is 0 Å². The number of aliphatic hydroxyl groups is 16. The molecule has 0 bridgehead atoms. The molecule has 37 heteroatoms. The molecule has 3 rings (SSSR count). The van der Waals surface area contributed by atoms with Gasteiger partial charge in [0.05, 0.1) is 95.5 Å². The molecule has 76 heavy (non-hydrogen) atoms. The van der Waals surface area contributed by atoms with Crippen molar-refractivity contribution in [2.45, 2.75) is 108 Å². The highest BCUT2D eigenvalue weighted by Crippen LogP contribution is 2.30. The average molecular weight is 1110 g/mol. The molecule has 14 unspecified atom stereocenters. The SMILES string of the molecule is CN=C(NCC(=O)N1C(CO)C(O)C(O)C(O)C1CO)NC(C(=O)O)C(O)(C(=O)O)C(NC(=NC)NCC(=O)N1C(CO)C(O)C(O)C(O)C1CO)(NC(=NC)NCC(=O)N1C(CO)C(O)C(O)C(O)C1CO)C(=O)O. The number of rotatable bonds is 20. The van der Waals surface area contributed by atoms with Gasteiger partial charge in [0.2, 0.25) is 23.3 Å². The van der Waals surface area contributed by atoms with Crippen LogP contribution in [0, 0.1) is 0 Å². The van der Waals surface area contributed by atoms with Gasteiger partial charge in [-0.15, -0.1) is 0 Å². The molecule has 25 N–H and O–H groups in total. The summed E-state index contributed by atoms with van der Waals surface area (Å²) < 4.78 is 0. The van der Waals surface area contributed by atoms with Crippen LogP contribution in [0.2, 0.25) is 0 Å². The molecule has 14 atom stereocenters. The van der Waals surface area contributed by atoms with Crippen molar-refractivity contribution in [3.63, 3.8) is 0 Å². The fourth-order valence-corrected chi connectivity index (χ4v) is 9.12. The lowest BCUT2D eigenvalue weighted by Crippen LogP contribution is -2.86. The van der Waals surface area contributed by atoms with Crippen molar-refractivity contribution in [3.05, 3.63) is 0 Å². The molecule has 0 aliphatic carbocycles. The maximum absolute atomic E-state index is 13.9. The standard InChI is InChI=1S/C39H68N12O25/c1-40-35(43-4-19(58)49-13(7-52)22(61)28(67)23(62)14(49)8-53)46-31(32(70)71)38(76,33(72)73)39(34(74)75,47-36(41-2)44-5-20(59)50-15(9-54)24(63)29(68)25(64)16(50)10-55)48-37(42-3)45-6-21(60)51-17(11-56)26(65)30(69)27(66)18(51)12-57/h13-18,22-31,52-57,61-69,76H,4-12H2,1-3H3,(H,70,71)(H,72,73)(H,74,75)(H2,40,43,46)(H2,41,44,47)(H2,42,45,48). The normalized spacial score (nSPS) is 32.5. The number of nitrogens with zero attached hydrogens (tertiary/aromatic N) is 6. The number of carboxylic acids is 3. The van der Waals surface area contributed by atoms with E-state index in [9.17, 15) is 126 Å². The lowest BCUT2D eigenvalue weighted by molar-refractivity contribution is -0.189. The quantitative estimate of drug-likeness (QED) is 0.0306. The number of nitrogens with one attached hydrogen (secondary N) is 6. The number of aliphatic hydroxyl groups excluding tert-OH is 15. The fourth-order valence-electron chi connectivity index (χ4n) is 9.12. The second-order valence-electron chi connectivity index (χ2n) is 17.4. The molecule has 3 fully saturated rings. The van der Waals surface area contributed by atoms with E-state index < -0.39 is 221 Å². The third-order valence-electron chi connectivity index (χ3n) is 13.3. The van der Waals surface area contributed by atoms with E-state index in [-0.39, 0.29) is 0 Å². The minimum Gasteiger partial charge on any atom is -0.480 e. The monoisotopic (exact) mass is 1100 g/mol. The van der Waals surface area contributed by atoms with Gasteiger partial charge in [0.15, 0.2) is 23.9 Å². The van der Waals surface area contributed by atoms with Gasteiger partial charge in [0.25, 0.3) is 5.66 Å². The van der Waals surface area contributed by atoms with Gasteiger partial charge in [-0.3, -0.25) is 29.4 Å². The maximum Gasteiger partial charge on any atom is 0.354 e. The first-order valence-corrected chi connectivity index (χ1v) is 22.8. The van der Waals surface area contributed by atoms with Crippen molar-refractivity contribution < 1.29 is 126 Å². The van der Waals surface area contributed by atoms with Crippen molar-refractivity contribution >= 4 is 53.5 Å². The van der Waals surface area contributed by atoms with Crippen molar-refractivity contribution in [3.8, 4) is 0 Å². The third kappa shape index (κ3) is 12.5. The molecule has 434 valence electrons. The minimum atomic E-state index is -4.50. The van der Waals surface area contributed by atoms with Gasteiger partial charge in [-0.2, -0.15) is 0 Å². The highest BCUT2D eigenvalue weighted by atomic mass is 16.4. The zero-order valence-electron chi connectivity index (χ0n) is 40.7. The highest BCUT2D eigenvalue weighted by Gasteiger charge is 2.70. The number of aliphatic carboxylic acids is 3. The van der Waals surface area contributed by atoms with Crippen molar-refractivity contribution in [1.82, 2.24) is 46.6 Å². The number of guanidine groups is 3. The second-order valence-corrected chi connectivity index (χ2v) is 17.4. The molecular formula is C39H68N12O25. The lowest BCUT2D eigenvalue weighted by Gasteiger charge is -2.48. The number of hydrogen-bond acceptors (Lipinski definition) is 25. The first kappa shape index (κ1) is 64.3. The Morgan fingerprint density at radius 2 is 0.684 bits per heavy atom. The average Bonchev–Trinajstić information content (AvgIpc) is 3.39. The topological polar surface area (TPSA) is 606 Å². The number of carbonyl (C=O) groups excluding carboxylic acids is 3. The number of hydrogen-bond donors (Lipinski definition) is 25. The van der Waals surface area contributed by atoms with Gasteiger partial charge in [0.1, 0.15) is 54.9 Å². The predicted octanol–water partition coefficient (Wildman–Crippen LogP) is -16.5. The largest absolute Gasteiger partial charge is 0.480 e. The summed E-state index contributed by atoms with van der Waals surface area (Å²) in [7, 11) is 2.59. The zero-order valence-corrected chi connectivity index (χ0v) is 40.7. The lowest BCUT2D eigenvalue weighted by atomic mass is 9.79. The molecule has 0 radical (unpaired) electrons. The van der Waals surface area contributed by atoms with Gasteiger partial charge in [-0.25, -0.2) is 14.4 Å². The van der Waals surface area contributed by atoms with E-state index >= 15 is 0 Å². The van der Waals surface area contributed by atoms with E-state index in [1.807, 2.05) is 16.0 Å². The van der Waals surface area contributed by atoms with Crippen LogP contribution in [0.4, 0.5) is 0 Å². The second kappa shape index (κ2) is 27.3. The maximum atomic E-state index is 13.9. The Balaban J connectivity index is 2.19. The van der Waals surface area contributed by atoms with E-state index in [1.54, 1.807) is 0 Å². The van der Waals surface area contributed by atoms with Crippen LogP contribution in [0.15, 0.2) is 15.0 Å². The number of amides is 3. The third-order valence-corrected chi connectivity index (χ3v) is 13.3. The van der Waals surface area contributed by atoms with Crippen LogP contribution < -0.4 is 31.9 Å². The summed E-state index contributed by atoms with van der Waals surface area (Å²) in [6.07, 6.45) is -18.0. The Hall–Kier alpha value is -6.01. The Bertz CT molecular complexity index is 2000. The van der Waals surface area contributed by atoms with Gasteiger partial charge in [-0.05, 0) is 0 Å². The molecule has 3 aliphatic heterocycles. The molecule has 0 aromatic carbocycles.